The SMILES string of the molecule is CC(=O)c1cccc(NC(=O)/C(=C/c2ccco2)n2nnnc2-c2ccccc2)c1. The summed E-state index contributed by atoms with van der Waals surface area (Å²) in [6, 6.07) is 19.4. The zero-order valence-corrected chi connectivity index (χ0v) is 16.0. The van der Waals surface area contributed by atoms with Crippen LogP contribution in [0.4, 0.5) is 5.69 Å². The first-order valence-electron chi connectivity index (χ1n) is 9.13. The molecule has 0 fully saturated rings. The molecule has 0 saturated carbocycles. The highest BCUT2D eigenvalue weighted by Gasteiger charge is 2.20. The number of aromatic nitrogens is 4. The van der Waals surface area contributed by atoms with Crippen LogP contribution in [0, 0.1) is 0 Å². The number of anilines is 1. The van der Waals surface area contributed by atoms with E-state index in [-0.39, 0.29) is 11.5 Å². The van der Waals surface area contributed by atoms with E-state index < -0.39 is 5.91 Å². The molecular weight excluding hydrogens is 382 g/mol. The fraction of sp³-hybridized carbons (Fsp3) is 0.0455. The summed E-state index contributed by atoms with van der Waals surface area (Å²) in [5, 5.41) is 14.6. The van der Waals surface area contributed by atoms with Gasteiger partial charge in [-0.25, -0.2) is 0 Å². The lowest BCUT2D eigenvalue weighted by molar-refractivity contribution is -0.111. The molecule has 1 amide bonds. The third-order valence-electron chi connectivity index (χ3n) is 4.31. The fourth-order valence-corrected chi connectivity index (χ4v) is 2.86. The van der Waals surface area contributed by atoms with Crippen molar-refractivity contribution in [2.45, 2.75) is 6.92 Å². The third-order valence-corrected chi connectivity index (χ3v) is 4.31. The van der Waals surface area contributed by atoms with Gasteiger partial charge >= 0.3 is 0 Å². The topological polar surface area (TPSA) is 103 Å². The second-order valence-electron chi connectivity index (χ2n) is 6.42. The Hall–Kier alpha value is -4.33. The van der Waals surface area contributed by atoms with Gasteiger partial charge in [-0.05, 0) is 41.6 Å². The second-order valence-corrected chi connectivity index (χ2v) is 6.42. The van der Waals surface area contributed by atoms with Gasteiger partial charge in [0.15, 0.2) is 11.6 Å². The molecule has 0 aliphatic carbocycles. The van der Waals surface area contributed by atoms with Crippen LogP contribution in [0.15, 0.2) is 77.4 Å². The molecule has 0 saturated heterocycles. The van der Waals surface area contributed by atoms with E-state index in [1.165, 1.54) is 17.9 Å². The summed E-state index contributed by atoms with van der Waals surface area (Å²) in [7, 11) is 0. The van der Waals surface area contributed by atoms with Crippen LogP contribution in [0.3, 0.4) is 0 Å². The molecule has 0 aliphatic rings. The molecule has 1 N–H and O–H groups in total. The number of Topliss-reactive ketones (excluding diaryl/α,β-unsaturated/α-hetero) is 1. The van der Waals surface area contributed by atoms with E-state index in [1.807, 2.05) is 30.3 Å². The zero-order chi connectivity index (χ0) is 20.9. The van der Waals surface area contributed by atoms with Gasteiger partial charge in [-0.1, -0.05) is 42.5 Å². The lowest BCUT2D eigenvalue weighted by atomic mass is 10.1. The molecule has 148 valence electrons. The Morgan fingerprint density at radius 2 is 1.87 bits per heavy atom. The Morgan fingerprint density at radius 1 is 1.03 bits per heavy atom. The lowest BCUT2D eigenvalue weighted by Gasteiger charge is -2.11. The fourth-order valence-electron chi connectivity index (χ4n) is 2.86. The first kappa shape index (κ1) is 19.0. The smallest absolute Gasteiger partial charge is 0.274 e. The highest BCUT2D eigenvalue weighted by atomic mass is 16.3. The molecule has 8 nitrogen and oxygen atoms in total. The van der Waals surface area contributed by atoms with Crippen molar-refractivity contribution in [3.8, 4) is 11.4 Å². The van der Waals surface area contributed by atoms with Gasteiger partial charge in [0.2, 0.25) is 0 Å². The van der Waals surface area contributed by atoms with Crippen LogP contribution in [0.2, 0.25) is 0 Å². The van der Waals surface area contributed by atoms with Crippen molar-refractivity contribution in [3.05, 3.63) is 84.3 Å². The summed E-state index contributed by atoms with van der Waals surface area (Å²) < 4.78 is 6.72. The van der Waals surface area contributed by atoms with Gasteiger partial charge in [0.1, 0.15) is 11.5 Å². The van der Waals surface area contributed by atoms with Crippen molar-refractivity contribution in [3.63, 3.8) is 0 Å². The molecule has 2 heterocycles. The van der Waals surface area contributed by atoms with Gasteiger partial charge in [0, 0.05) is 22.9 Å². The molecule has 2 aromatic heterocycles. The molecular formula is C22H17N5O3. The monoisotopic (exact) mass is 399 g/mol. The molecule has 0 radical (unpaired) electrons. The molecule has 0 aliphatic heterocycles. The molecule has 8 heteroatoms. The zero-order valence-electron chi connectivity index (χ0n) is 16.0. The van der Waals surface area contributed by atoms with E-state index in [2.05, 4.69) is 20.8 Å². The third kappa shape index (κ3) is 4.07. The summed E-state index contributed by atoms with van der Waals surface area (Å²) in [4.78, 5) is 24.8. The van der Waals surface area contributed by atoms with Crippen molar-refractivity contribution in [2.75, 3.05) is 5.32 Å². The van der Waals surface area contributed by atoms with E-state index in [9.17, 15) is 9.59 Å². The maximum Gasteiger partial charge on any atom is 0.274 e. The van der Waals surface area contributed by atoms with Crippen molar-refractivity contribution < 1.29 is 14.0 Å². The number of nitrogens with one attached hydrogen (secondary N) is 1. The van der Waals surface area contributed by atoms with Crippen molar-refractivity contribution >= 4 is 29.2 Å². The van der Waals surface area contributed by atoms with E-state index in [0.717, 1.165) is 5.56 Å². The summed E-state index contributed by atoms with van der Waals surface area (Å²) in [6.45, 7) is 1.47. The van der Waals surface area contributed by atoms with Gasteiger partial charge in [0.05, 0.1) is 6.26 Å². The van der Waals surface area contributed by atoms with Crippen LogP contribution in [0.5, 0.6) is 0 Å². The molecule has 4 rings (SSSR count). The highest BCUT2D eigenvalue weighted by Crippen LogP contribution is 2.22. The number of benzene rings is 2. The minimum Gasteiger partial charge on any atom is -0.465 e. The predicted octanol–water partition coefficient (Wildman–Crippen LogP) is 3.77. The minimum atomic E-state index is -0.461. The Labute approximate surface area is 171 Å². The van der Waals surface area contributed by atoms with Crippen molar-refractivity contribution in [1.82, 2.24) is 20.2 Å². The van der Waals surface area contributed by atoms with Crippen LogP contribution >= 0.6 is 0 Å². The number of amides is 1. The Kier molecular flexibility index (Phi) is 5.29. The maximum atomic E-state index is 13.2. The van der Waals surface area contributed by atoms with Gasteiger partial charge in [-0.15, -0.1) is 5.10 Å². The first-order chi connectivity index (χ1) is 14.6. The predicted molar refractivity (Wildman–Crippen MR) is 111 cm³/mol. The molecule has 2 aromatic carbocycles. The number of hydrogen-bond acceptors (Lipinski definition) is 6. The van der Waals surface area contributed by atoms with E-state index in [4.69, 9.17) is 4.42 Å². The van der Waals surface area contributed by atoms with Gasteiger partial charge in [-0.3, -0.25) is 9.59 Å². The van der Waals surface area contributed by atoms with Crippen LogP contribution in [-0.2, 0) is 4.79 Å². The maximum absolute atomic E-state index is 13.2. The van der Waals surface area contributed by atoms with Crippen molar-refractivity contribution in [2.24, 2.45) is 0 Å². The van der Waals surface area contributed by atoms with Gasteiger partial charge in [-0.2, -0.15) is 4.68 Å². The van der Waals surface area contributed by atoms with Crippen LogP contribution in [-0.4, -0.2) is 31.9 Å². The van der Waals surface area contributed by atoms with Crippen LogP contribution < -0.4 is 5.32 Å². The largest absolute Gasteiger partial charge is 0.465 e. The number of nitrogens with zero attached hydrogens (tertiary/aromatic N) is 4. The number of tetrazole rings is 1. The summed E-state index contributed by atoms with van der Waals surface area (Å²) in [5.74, 6) is 0.314. The second kappa shape index (κ2) is 8.36. The lowest BCUT2D eigenvalue weighted by Crippen LogP contribution is -2.19. The Bertz CT molecular complexity index is 1210. The molecule has 30 heavy (non-hydrogen) atoms. The average Bonchev–Trinajstić information content (AvgIpc) is 3.45. The molecule has 0 bridgehead atoms. The molecule has 0 atom stereocenters. The Morgan fingerprint density at radius 3 is 2.60 bits per heavy atom. The number of carbonyl (C=O) groups excluding carboxylic acids is 2. The number of rotatable bonds is 6. The van der Waals surface area contributed by atoms with E-state index in [1.54, 1.807) is 42.5 Å². The van der Waals surface area contributed by atoms with Crippen LogP contribution in [0.1, 0.15) is 23.0 Å². The number of carbonyl (C=O) groups is 2. The normalized spacial score (nSPS) is 11.3. The van der Waals surface area contributed by atoms with Gasteiger partial charge in [0.25, 0.3) is 5.91 Å². The molecule has 0 unspecified atom stereocenters. The molecule has 4 aromatic rings. The average molecular weight is 399 g/mol. The summed E-state index contributed by atoms with van der Waals surface area (Å²) in [6.07, 6.45) is 3.06. The quantitative estimate of drug-likeness (QED) is 0.391. The van der Waals surface area contributed by atoms with E-state index in [0.29, 0.717) is 22.8 Å². The number of furan rings is 1. The van der Waals surface area contributed by atoms with E-state index >= 15 is 0 Å². The molecule has 0 spiro atoms. The van der Waals surface area contributed by atoms with Crippen molar-refractivity contribution in [1.29, 1.82) is 0 Å². The highest BCUT2D eigenvalue weighted by molar-refractivity contribution is 6.24. The standard InChI is InChI=1S/C22H17N5O3/c1-15(28)17-9-5-10-18(13-17)23-22(29)20(14-19-11-6-12-30-19)27-21(24-25-26-27)16-7-3-2-4-8-16/h2-14H,1H3,(H,23,29)/b20-14-. The minimum absolute atomic E-state index is 0.0932. The number of ketones is 1. The first-order valence-corrected chi connectivity index (χ1v) is 9.13. The van der Waals surface area contributed by atoms with Crippen LogP contribution in [0.25, 0.3) is 23.2 Å². The Balaban J connectivity index is 1.74. The summed E-state index contributed by atoms with van der Waals surface area (Å²) in [5.41, 5.74) is 1.88. The van der Waals surface area contributed by atoms with Gasteiger partial charge < -0.3 is 9.73 Å². The number of hydrogen-bond donors (Lipinski definition) is 1. The summed E-state index contributed by atoms with van der Waals surface area (Å²) >= 11 is 0.